The van der Waals surface area contributed by atoms with Crippen LogP contribution in [0.25, 0.3) is 0 Å². The highest BCUT2D eigenvalue weighted by molar-refractivity contribution is 7.57. The SMILES string of the molecule is CCC(C)C(C(CC(=O)N1CCC[C@H]1C(OC)C(C)C(=O)NC(Cc1ccccc1)C(=O)O)OC)N(C)C(=O)C(NC(=O)C(C(C)C)N(C)C(=O)CCOCCOCCNP(=O)(NNC(=O)/C=C\C(=O)O)NNC(=O)/C=C\C(=O)O)C(C)C. The smallest absolute Gasteiger partial charge is 0.328 e. The van der Waals surface area contributed by atoms with Gasteiger partial charge in [-0.2, -0.15) is 10.4 Å². The van der Waals surface area contributed by atoms with E-state index in [1.807, 2.05) is 30.8 Å². The summed E-state index contributed by atoms with van der Waals surface area (Å²) in [5.41, 5.74) is 4.69. The number of carboxylic acids is 3. The van der Waals surface area contributed by atoms with E-state index in [1.54, 1.807) is 70.8 Å². The van der Waals surface area contributed by atoms with Crippen molar-refractivity contribution in [3.8, 4) is 0 Å². The lowest BCUT2D eigenvalue weighted by Crippen LogP contribution is -2.60. The van der Waals surface area contributed by atoms with Crippen LogP contribution in [-0.4, -0.2) is 200 Å². The molecule has 1 aromatic rings. The molecule has 1 aliphatic heterocycles. The molecule has 83 heavy (non-hydrogen) atoms. The van der Waals surface area contributed by atoms with Gasteiger partial charge in [-0.3, -0.25) is 49.0 Å². The van der Waals surface area contributed by atoms with Gasteiger partial charge in [-0.1, -0.05) is 85.2 Å². The van der Waals surface area contributed by atoms with Crippen LogP contribution in [0.2, 0.25) is 0 Å². The Morgan fingerprint density at radius 1 is 0.747 bits per heavy atom. The van der Waals surface area contributed by atoms with Crippen LogP contribution in [0.4, 0.5) is 0 Å². The number of amides is 7. The van der Waals surface area contributed by atoms with Crippen LogP contribution < -0.4 is 37.0 Å². The van der Waals surface area contributed by atoms with Gasteiger partial charge in [-0.25, -0.2) is 19.5 Å². The maximum Gasteiger partial charge on any atom is 0.328 e. The van der Waals surface area contributed by atoms with E-state index in [-0.39, 0.29) is 64.1 Å². The number of carbonyl (C=O) groups is 10. The van der Waals surface area contributed by atoms with Crippen molar-refractivity contribution in [2.75, 3.05) is 67.8 Å². The Morgan fingerprint density at radius 2 is 1.33 bits per heavy atom. The third-order valence-corrected chi connectivity index (χ3v) is 15.5. The summed E-state index contributed by atoms with van der Waals surface area (Å²) in [6, 6.07) is 4.54. The normalized spacial score (nSPS) is 16.5. The van der Waals surface area contributed by atoms with E-state index in [4.69, 9.17) is 29.2 Å². The predicted octanol–water partition coefficient (Wildman–Crippen LogP) is 0.987. The van der Waals surface area contributed by atoms with Gasteiger partial charge in [0.25, 0.3) is 11.8 Å². The number of likely N-dealkylation sites (tertiary alicyclic amines) is 1. The molecular formula is C54H87N10O18P. The zero-order chi connectivity index (χ0) is 62.6. The third kappa shape index (κ3) is 24.6. The van der Waals surface area contributed by atoms with Crippen LogP contribution in [0, 0.1) is 23.7 Å². The Morgan fingerprint density at radius 3 is 1.83 bits per heavy atom. The van der Waals surface area contributed by atoms with E-state index < -0.39 is 121 Å². The zero-order valence-corrected chi connectivity index (χ0v) is 50.2. The van der Waals surface area contributed by atoms with Gasteiger partial charge in [-0.05, 0) is 36.2 Å². The van der Waals surface area contributed by atoms with Gasteiger partial charge in [0.2, 0.25) is 29.5 Å². The van der Waals surface area contributed by atoms with E-state index in [2.05, 4.69) is 26.1 Å². The summed E-state index contributed by atoms with van der Waals surface area (Å²) in [4.78, 5) is 132. The highest BCUT2D eigenvalue weighted by Crippen LogP contribution is 2.30. The van der Waals surface area contributed by atoms with Crippen molar-refractivity contribution in [1.82, 2.24) is 51.7 Å². The average molecular weight is 1200 g/mol. The predicted molar refractivity (Wildman–Crippen MR) is 302 cm³/mol. The fourth-order valence-corrected chi connectivity index (χ4v) is 10.6. The first kappa shape index (κ1) is 72.5. The number of rotatable bonds is 39. The minimum atomic E-state index is -4.11. The van der Waals surface area contributed by atoms with E-state index in [0.29, 0.717) is 50.1 Å². The minimum absolute atomic E-state index is 0.00361. The van der Waals surface area contributed by atoms with Crippen LogP contribution >= 0.6 is 7.59 Å². The van der Waals surface area contributed by atoms with Gasteiger partial charge >= 0.3 is 25.5 Å². The Hall–Kier alpha value is -6.65. The highest BCUT2D eigenvalue weighted by atomic mass is 31.2. The number of ether oxygens (including phenoxy) is 4. The number of nitrogens with one attached hydrogen (secondary N) is 7. The monoisotopic (exact) mass is 1190 g/mol. The molecule has 9 atom stereocenters. The second-order valence-electron chi connectivity index (χ2n) is 20.6. The summed E-state index contributed by atoms with van der Waals surface area (Å²) in [7, 11) is 1.90. The van der Waals surface area contributed by atoms with E-state index in [9.17, 15) is 57.6 Å². The zero-order valence-electron chi connectivity index (χ0n) is 49.3. The van der Waals surface area contributed by atoms with Crippen molar-refractivity contribution in [2.45, 2.75) is 129 Å². The molecule has 0 spiro atoms. The number of nitrogens with zero attached hydrogens (tertiary/aromatic N) is 3. The molecule has 1 saturated heterocycles. The van der Waals surface area contributed by atoms with Gasteiger partial charge in [0.05, 0.1) is 69.5 Å². The van der Waals surface area contributed by atoms with E-state index >= 15 is 0 Å². The van der Waals surface area contributed by atoms with E-state index in [0.717, 1.165) is 5.56 Å². The molecule has 1 fully saturated rings. The number of benzene rings is 1. The number of aliphatic carboxylic acids is 3. The van der Waals surface area contributed by atoms with Crippen molar-refractivity contribution < 1.29 is 86.8 Å². The van der Waals surface area contributed by atoms with Crippen LogP contribution in [0.1, 0.15) is 86.1 Å². The number of carboxylic acid groups (broad SMARTS) is 3. The van der Waals surface area contributed by atoms with Crippen LogP contribution in [0.15, 0.2) is 54.6 Å². The standard InChI is InChI=1S/C54H87N10O18P/c1-12-35(6)49(40(79-10)32-44(68)64-26-16-19-39(64)50(80-11)36(7)51(73)56-38(54(76)77)31-37-17-14-13-15-18-37)63(9)53(75)47(33(2)3)57-52(74)48(34(4)5)62(8)43(67)24-27-81-29-30-82-28-25-55-83(78,60-58-41(65)20-22-45(69)70)61-59-42(66)21-23-46(71)72/h13-15,17-18,20-23,33-36,38-40,47-50H,12,16,19,24-32H2,1-11H3,(H,56,73)(H,57,74)(H,58,65)(H,59,66)(H,69,70)(H,71,72)(H,76,77)(H3,55,60,61,78)/b22-20-,23-21-/t35?,36?,38?,39-,40?,47?,48?,49?,50?/m0/s1. The number of hydrogen-bond donors (Lipinski definition) is 10. The Kier molecular flexibility index (Phi) is 32.1. The molecule has 0 saturated carbocycles. The number of carbonyl (C=O) groups excluding carboxylic acids is 7. The van der Waals surface area contributed by atoms with Gasteiger partial charge in [0, 0.05) is 72.1 Å². The first-order chi connectivity index (χ1) is 39.1. The summed E-state index contributed by atoms with van der Waals surface area (Å²) in [6.07, 6.45) is 2.30. The lowest BCUT2D eigenvalue weighted by molar-refractivity contribution is -0.149. The van der Waals surface area contributed by atoms with Gasteiger partial charge in [-0.15, -0.1) is 0 Å². The highest BCUT2D eigenvalue weighted by Gasteiger charge is 2.44. The van der Waals surface area contributed by atoms with Crippen molar-refractivity contribution in [2.24, 2.45) is 23.7 Å². The number of likely N-dealkylation sites (N-methyl/N-ethyl adjacent to an activating group) is 2. The molecule has 466 valence electrons. The molecule has 0 aromatic heterocycles. The van der Waals surface area contributed by atoms with Gasteiger partial charge in [0.15, 0.2) is 0 Å². The van der Waals surface area contributed by atoms with Gasteiger partial charge in [0.1, 0.15) is 18.1 Å². The van der Waals surface area contributed by atoms with Gasteiger partial charge < -0.3 is 59.6 Å². The molecule has 1 aromatic carbocycles. The van der Waals surface area contributed by atoms with Crippen LogP contribution in [0.3, 0.4) is 0 Å². The number of hydrazine groups is 2. The summed E-state index contributed by atoms with van der Waals surface area (Å²) in [5, 5.41) is 39.7. The molecular weight excluding hydrogens is 1110 g/mol. The fourth-order valence-electron chi connectivity index (χ4n) is 9.40. The summed E-state index contributed by atoms with van der Waals surface area (Å²) < 4.78 is 36.3. The quantitative estimate of drug-likeness (QED) is 0.0190. The first-order valence-electron chi connectivity index (χ1n) is 27.3. The molecule has 0 radical (unpaired) electrons. The van der Waals surface area contributed by atoms with Crippen molar-refractivity contribution in [1.29, 1.82) is 0 Å². The number of hydrogen-bond acceptors (Lipinski definition) is 15. The summed E-state index contributed by atoms with van der Waals surface area (Å²) in [6.45, 7) is 12.7. The maximum absolute atomic E-state index is 14.7. The average Bonchev–Trinajstić information content (AvgIpc) is 4.12. The molecule has 28 nitrogen and oxygen atoms in total. The Bertz CT molecular complexity index is 2390. The third-order valence-electron chi connectivity index (χ3n) is 13.9. The largest absolute Gasteiger partial charge is 0.480 e. The topological polar surface area (TPSA) is 379 Å². The second-order valence-corrected chi connectivity index (χ2v) is 22.6. The Labute approximate surface area is 485 Å². The first-order valence-corrected chi connectivity index (χ1v) is 29.1. The van der Waals surface area contributed by atoms with Crippen LogP contribution in [0.5, 0.6) is 0 Å². The van der Waals surface area contributed by atoms with Crippen molar-refractivity contribution in [3.63, 3.8) is 0 Å². The summed E-state index contributed by atoms with van der Waals surface area (Å²) >= 11 is 0. The second kappa shape index (κ2) is 36.8. The molecule has 0 aliphatic carbocycles. The molecule has 1 heterocycles. The Balaban J connectivity index is 2.07. The minimum Gasteiger partial charge on any atom is -0.480 e. The van der Waals surface area contributed by atoms with Crippen LogP contribution in [-0.2, 0) is 77.9 Å². The lowest BCUT2D eigenvalue weighted by atomic mass is 9.89. The summed E-state index contributed by atoms with van der Waals surface area (Å²) in [5.74, 6) is -10.1. The van der Waals surface area contributed by atoms with Crippen molar-refractivity contribution >= 4 is 66.9 Å². The molecule has 10 N–H and O–H groups in total. The molecule has 7 amide bonds. The fraction of sp³-hybridized carbons (Fsp3) is 0.630. The van der Waals surface area contributed by atoms with E-state index in [1.165, 1.54) is 31.1 Å². The van der Waals surface area contributed by atoms with Crippen molar-refractivity contribution in [3.05, 3.63) is 60.2 Å². The molecule has 1 aliphatic rings. The molecule has 29 heteroatoms. The molecule has 8 unspecified atom stereocenters. The maximum atomic E-state index is 14.7. The lowest BCUT2D eigenvalue weighted by Gasteiger charge is -2.41. The molecule has 2 rings (SSSR count). The number of methoxy groups -OCH3 is 2. The molecule has 0 bridgehead atoms.